The molecule has 27 nitrogen and oxygen atoms in total. The van der Waals surface area contributed by atoms with Gasteiger partial charge in [0.1, 0.15) is 59.0 Å². The Morgan fingerprint density at radius 2 is 1.71 bits per heavy atom. The van der Waals surface area contributed by atoms with Crippen LogP contribution in [0.25, 0.3) is 0 Å². The van der Waals surface area contributed by atoms with E-state index in [0.29, 0.717) is 43.8 Å². The average molecular weight is 1290 g/mol. The van der Waals surface area contributed by atoms with E-state index >= 15 is 0 Å². The summed E-state index contributed by atoms with van der Waals surface area (Å²) in [5.74, 6) is -5.39. The summed E-state index contributed by atoms with van der Waals surface area (Å²) in [6, 6.07) is 2.96. The van der Waals surface area contributed by atoms with Crippen molar-refractivity contribution in [1.82, 2.24) is 41.7 Å². The number of amides is 9. The van der Waals surface area contributed by atoms with Gasteiger partial charge in [0.2, 0.25) is 23.6 Å². The number of benzene rings is 2. The molecule has 2 aromatic carbocycles. The molecule has 0 spiro atoms. The zero-order chi connectivity index (χ0) is 66.5. The van der Waals surface area contributed by atoms with Gasteiger partial charge in [-0.25, -0.2) is 14.4 Å². The second-order valence-corrected chi connectivity index (χ2v) is 24.1. The lowest BCUT2D eigenvalue weighted by atomic mass is 9.83. The average Bonchev–Trinajstić information content (AvgIpc) is 1.57. The SMILES string of the molecule is CNC(=O)c1cc(C(=O)N(C)[C@@H](C)C(=O)O[C@H]2CC(=O)N(C)c3cc(cc(OC)c3Cl)C/C(C)=C/C=C/[C@@H](OC)[C@@]3(O)C[C@H](OC(=O)N3)[C@@H](C)[C@@H]3O[C@@]23C)ccc1NC(=O)[C@H](CCCNC(N)=O)NC(=O)[C@@H](NC(=S)NCCCCN1C(=O)C=CC1O)C(C)C. The molecule has 2 aromatic rings. The number of carbonyl (C=O) groups excluding carboxylic acids is 9. The molecule has 4 heterocycles. The van der Waals surface area contributed by atoms with Gasteiger partial charge in [-0.1, -0.05) is 56.2 Å². The summed E-state index contributed by atoms with van der Waals surface area (Å²) < 4.78 is 29.6. The maximum Gasteiger partial charge on any atom is 0.409 e. The van der Waals surface area contributed by atoms with E-state index in [4.69, 9.17) is 53.2 Å². The highest BCUT2D eigenvalue weighted by molar-refractivity contribution is 7.80. The molecule has 11 N–H and O–H groups in total. The van der Waals surface area contributed by atoms with E-state index in [9.17, 15) is 53.4 Å². The number of primary amides is 1. The van der Waals surface area contributed by atoms with E-state index in [0.717, 1.165) is 16.0 Å². The van der Waals surface area contributed by atoms with Crippen LogP contribution in [0.5, 0.6) is 5.75 Å². The summed E-state index contributed by atoms with van der Waals surface area (Å²) in [5.41, 5.74) is 3.48. The number of unbranched alkanes of at least 4 members (excludes halogenated alkanes) is 1. The molecule has 0 saturated carbocycles. The van der Waals surface area contributed by atoms with Crippen LogP contribution in [0.4, 0.5) is 21.0 Å². The molecule has 2 fully saturated rings. The Morgan fingerprint density at radius 3 is 2.36 bits per heavy atom. The molecule has 11 atom stereocenters. The number of urea groups is 1. The van der Waals surface area contributed by atoms with E-state index in [1.54, 1.807) is 52.0 Å². The Kier molecular flexibility index (Phi) is 24.7. The summed E-state index contributed by atoms with van der Waals surface area (Å²) in [5, 5.41) is 41.2. The molecule has 0 radical (unpaired) electrons. The number of aliphatic hydroxyl groups is 2. The number of anilines is 2. The van der Waals surface area contributed by atoms with Crippen LogP contribution in [0.2, 0.25) is 5.02 Å². The van der Waals surface area contributed by atoms with Gasteiger partial charge in [0.05, 0.1) is 36.6 Å². The number of aliphatic hydroxyl groups excluding tert-OH is 1. The summed E-state index contributed by atoms with van der Waals surface area (Å²) in [6.07, 6.45) is 2.80. The second kappa shape index (κ2) is 31.2. The van der Waals surface area contributed by atoms with Crippen LogP contribution in [0, 0.1) is 11.8 Å². The number of nitrogens with one attached hydrogen (secondary N) is 7. The van der Waals surface area contributed by atoms with Gasteiger partial charge in [0, 0.05) is 71.9 Å². The number of esters is 1. The smallest absolute Gasteiger partial charge is 0.409 e. The molecule has 90 heavy (non-hydrogen) atoms. The second-order valence-electron chi connectivity index (χ2n) is 23.3. The van der Waals surface area contributed by atoms with Crippen LogP contribution in [0.1, 0.15) is 106 Å². The predicted molar refractivity (Wildman–Crippen MR) is 336 cm³/mol. The van der Waals surface area contributed by atoms with Crippen molar-refractivity contribution in [2.75, 3.05) is 65.2 Å². The number of nitrogens with zero attached hydrogens (tertiary/aromatic N) is 3. The fourth-order valence-electron chi connectivity index (χ4n) is 10.8. The Balaban J connectivity index is 1.21. The number of halogens is 1. The number of carbonyl (C=O) groups is 9. The zero-order valence-corrected chi connectivity index (χ0v) is 54.0. The summed E-state index contributed by atoms with van der Waals surface area (Å²) in [7, 11) is 7.01. The molecule has 4 bridgehead atoms. The van der Waals surface area contributed by atoms with Crippen molar-refractivity contribution in [2.24, 2.45) is 17.6 Å². The Labute approximate surface area is 533 Å². The lowest BCUT2D eigenvalue weighted by Gasteiger charge is -2.42. The summed E-state index contributed by atoms with van der Waals surface area (Å²) in [4.78, 5) is 126. The van der Waals surface area contributed by atoms with Gasteiger partial charge in [-0.15, -0.1) is 0 Å². The normalized spacial score (nSPS) is 25.1. The highest BCUT2D eigenvalue weighted by atomic mass is 35.5. The summed E-state index contributed by atoms with van der Waals surface area (Å²) in [6.45, 7) is 10.9. The van der Waals surface area contributed by atoms with E-state index in [-0.39, 0.29) is 64.6 Å². The van der Waals surface area contributed by atoms with Gasteiger partial charge in [0.15, 0.2) is 10.8 Å². The number of alkyl carbamates (subject to hydrolysis) is 1. The molecule has 492 valence electrons. The molecule has 0 aromatic heterocycles. The minimum Gasteiger partial charge on any atom is -0.495 e. The number of fused-ring (bicyclic) bond motifs is 5. The molecule has 4 aliphatic heterocycles. The molecule has 0 aliphatic carbocycles. The number of likely N-dealkylation sites (N-methyl/N-ethyl adjacent to an activating group) is 1. The van der Waals surface area contributed by atoms with Crippen LogP contribution in [-0.2, 0) is 49.3 Å². The van der Waals surface area contributed by atoms with Gasteiger partial charge in [-0.3, -0.25) is 34.1 Å². The fourth-order valence-corrected chi connectivity index (χ4v) is 11.4. The predicted octanol–water partition coefficient (Wildman–Crippen LogP) is 3.05. The van der Waals surface area contributed by atoms with Crippen molar-refractivity contribution in [3.63, 3.8) is 0 Å². The standard InChI is InChI=1S/C61H84ClN11O16S/c1-32(2)50(69-58(90)66-23-12-13-25-73-46(74)21-22-47(73)75)54(79)68-40(17-15-24-65-57(63)82)53(78)67-39-20-19-37(29-38(39)52(77)64-7)55(80)71(8)35(5)56(81)88-45-30-48(76)72(9)41-27-36(28-42(85-10)49(41)62)26-33(3)16-14-18-44(86-11)61(84)31-43(87-59(83)70-61)34(4)51-60(45,6)89-51/h14,16,18-22,27-29,32,34-35,40,43-46,50-51,74,84H,12-13,15,17,23-26,30-31H2,1-11H3,(H,64,77)(H,67,78)(H,68,79)(H,70,83)(H3,63,65,82)(H2,66,69,90)/b18-14+,33-16+/t34-,35+,40+,43+,44-,45+,46?,50+,51+,60+,61+/m1/s1. The molecule has 29 heteroatoms. The lowest BCUT2D eigenvalue weighted by Crippen LogP contribution is -2.63. The van der Waals surface area contributed by atoms with Crippen LogP contribution < -0.4 is 52.6 Å². The number of nitrogens with two attached hydrogens (primary N) is 1. The Hall–Kier alpha value is -7.89. The highest BCUT2D eigenvalue weighted by Crippen LogP contribution is 2.49. The minimum atomic E-state index is -1.94. The first-order chi connectivity index (χ1) is 42.5. The van der Waals surface area contributed by atoms with Crippen LogP contribution in [0.15, 0.2) is 66.3 Å². The molecule has 2 saturated heterocycles. The number of allylic oxidation sites excluding steroid dienone is 3. The topological polar surface area (TPSA) is 363 Å². The third kappa shape index (κ3) is 17.7. The van der Waals surface area contributed by atoms with Gasteiger partial charge in [-0.05, 0) is 113 Å². The fraction of sp³-hybridized carbons (Fsp3) is 0.541. The molecule has 6 rings (SSSR count). The number of hydrogen-bond acceptors (Lipinski definition) is 17. The molecule has 9 amide bonds. The van der Waals surface area contributed by atoms with E-state index in [1.165, 1.54) is 82.4 Å². The number of ether oxygens (including phenoxy) is 5. The van der Waals surface area contributed by atoms with Crippen LogP contribution >= 0.6 is 23.8 Å². The van der Waals surface area contributed by atoms with Gasteiger partial charge in [-0.2, -0.15) is 0 Å². The van der Waals surface area contributed by atoms with E-state index in [1.807, 2.05) is 13.0 Å². The minimum absolute atomic E-state index is 0.0170. The Morgan fingerprint density at radius 1 is 1.00 bits per heavy atom. The molecular formula is C61H84ClN11O16S. The van der Waals surface area contributed by atoms with E-state index < -0.39 is 120 Å². The number of thiocarbonyl (C=S) groups is 1. The third-order valence-corrected chi connectivity index (χ3v) is 17.1. The van der Waals surface area contributed by atoms with Crippen molar-refractivity contribution in [2.45, 2.75) is 147 Å². The van der Waals surface area contributed by atoms with Crippen molar-refractivity contribution in [3.05, 3.63) is 88.0 Å². The maximum absolute atomic E-state index is 14.6. The van der Waals surface area contributed by atoms with Crippen molar-refractivity contribution >= 4 is 93.8 Å². The van der Waals surface area contributed by atoms with Crippen molar-refractivity contribution < 1.29 is 77.0 Å². The van der Waals surface area contributed by atoms with Gasteiger partial charge >= 0.3 is 18.1 Å². The first kappa shape index (κ1) is 71.2. The maximum atomic E-state index is 14.6. The number of hydrogen-bond donors (Lipinski definition) is 10. The Bertz CT molecular complexity index is 3150. The first-order valence-corrected chi connectivity index (χ1v) is 30.3. The number of epoxide rings is 1. The molecular weight excluding hydrogens is 1210 g/mol. The third-order valence-electron chi connectivity index (χ3n) is 16.4. The van der Waals surface area contributed by atoms with Crippen LogP contribution in [-0.4, -0.2) is 194 Å². The van der Waals surface area contributed by atoms with Crippen LogP contribution in [0.3, 0.4) is 0 Å². The quantitative estimate of drug-likeness (QED) is 0.0350. The molecule has 4 aliphatic rings. The van der Waals surface area contributed by atoms with E-state index in [2.05, 4.69) is 37.2 Å². The van der Waals surface area contributed by atoms with Crippen molar-refractivity contribution in [1.29, 1.82) is 0 Å². The lowest BCUT2D eigenvalue weighted by molar-refractivity contribution is -0.158. The van der Waals surface area contributed by atoms with Crippen molar-refractivity contribution in [3.8, 4) is 5.75 Å². The first-order valence-electron chi connectivity index (χ1n) is 29.5. The number of methoxy groups -OCH3 is 2. The van der Waals surface area contributed by atoms with Gasteiger partial charge in [0.25, 0.3) is 11.8 Å². The largest absolute Gasteiger partial charge is 0.495 e. The molecule has 1 unspecified atom stereocenters. The van der Waals surface area contributed by atoms with Gasteiger partial charge < -0.3 is 86.2 Å². The monoisotopic (exact) mass is 1290 g/mol. The zero-order valence-electron chi connectivity index (χ0n) is 52.4. The highest BCUT2D eigenvalue weighted by Gasteiger charge is 2.64. The number of rotatable bonds is 22. The summed E-state index contributed by atoms with van der Waals surface area (Å²) >= 11 is 12.4.